The van der Waals surface area contributed by atoms with Crippen LogP contribution in [0.2, 0.25) is 5.02 Å². The van der Waals surface area contributed by atoms with Gasteiger partial charge in [0, 0.05) is 18.4 Å². The first-order valence-electron chi connectivity index (χ1n) is 5.30. The summed E-state index contributed by atoms with van der Waals surface area (Å²) in [6, 6.07) is 3.30. The van der Waals surface area contributed by atoms with Crippen LogP contribution in [0.3, 0.4) is 0 Å². The smallest absolute Gasteiger partial charge is 0.207 e. The van der Waals surface area contributed by atoms with E-state index in [1.165, 1.54) is 17.4 Å². The molecule has 1 aromatic rings. The van der Waals surface area contributed by atoms with E-state index in [4.69, 9.17) is 11.6 Å². The summed E-state index contributed by atoms with van der Waals surface area (Å²) < 4.78 is 38.6. The van der Waals surface area contributed by atoms with Crippen molar-refractivity contribution in [2.24, 2.45) is 0 Å². The van der Waals surface area contributed by atoms with Crippen molar-refractivity contribution in [3.05, 3.63) is 29.0 Å². The molecule has 0 spiro atoms. The Bertz CT molecular complexity index is 522. The van der Waals surface area contributed by atoms with E-state index in [2.05, 4.69) is 15.9 Å². The highest BCUT2D eigenvalue weighted by Crippen LogP contribution is 2.25. The molecule has 0 aromatic heterocycles. The fraction of sp³-hybridized carbons (Fsp3) is 0.455. The van der Waals surface area contributed by atoms with Crippen LogP contribution in [0.1, 0.15) is 13.3 Å². The summed E-state index contributed by atoms with van der Waals surface area (Å²) in [6.45, 7) is 2.26. The van der Waals surface area contributed by atoms with Crippen molar-refractivity contribution in [1.29, 1.82) is 0 Å². The second-order valence-electron chi connectivity index (χ2n) is 3.97. The van der Waals surface area contributed by atoms with Gasteiger partial charge in [-0.3, -0.25) is 0 Å². The van der Waals surface area contributed by atoms with Gasteiger partial charge >= 0.3 is 0 Å². The fourth-order valence-corrected chi connectivity index (χ4v) is 3.19. The molecule has 18 heavy (non-hydrogen) atoms. The maximum Gasteiger partial charge on any atom is 0.244 e. The highest BCUT2D eigenvalue weighted by molar-refractivity contribution is 9.09. The van der Waals surface area contributed by atoms with E-state index >= 15 is 0 Å². The molecule has 102 valence electrons. The first-order valence-corrected chi connectivity index (χ1v) is 8.04. The third kappa shape index (κ3) is 3.91. The van der Waals surface area contributed by atoms with E-state index in [0.29, 0.717) is 13.0 Å². The van der Waals surface area contributed by atoms with Gasteiger partial charge in [-0.2, -0.15) is 0 Å². The Balaban J connectivity index is 3.02. The van der Waals surface area contributed by atoms with Crippen LogP contribution in [0.15, 0.2) is 23.1 Å². The van der Waals surface area contributed by atoms with Gasteiger partial charge < -0.3 is 0 Å². The Labute approximate surface area is 120 Å². The number of rotatable bonds is 5. The van der Waals surface area contributed by atoms with Gasteiger partial charge in [0.05, 0.1) is 5.02 Å². The molecule has 7 heteroatoms. The number of sulfonamides is 1. The van der Waals surface area contributed by atoms with Crippen molar-refractivity contribution >= 4 is 37.6 Å². The largest absolute Gasteiger partial charge is 0.244 e. The summed E-state index contributed by atoms with van der Waals surface area (Å²) in [6.07, 6.45) is 0.655. The molecule has 1 rings (SSSR count). The van der Waals surface area contributed by atoms with E-state index in [9.17, 15) is 12.8 Å². The van der Waals surface area contributed by atoms with Crippen LogP contribution in [0.25, 0.3) is 0 Å². The summed E-state index contributed by atoms with van der Waals surface area (Å²) in [4.78, 5) is 0.00650. The van der Waals surface area contributed by atoms with E-state index in [0.717, 1.165) is 12.1 Å². The van der Waals surface area contributed by atoms with Crippen molar-refractivity contribution in [3.8, 4) is 0 Å². The third-order valence-electron chi connectivity index (χ3n) is 2.42. The number of halogens is 3. The second-order valence-corrected chi connectivity index (χ2v) is 7.95. The summed E-state index contributed by atoms with van der Waals surface area (Å²) in [5.74, 6) is -0.625. The van der Waals surface area contributed by atoms with Crippen molar-refractivity contribution in [1.82, 2.24) is 4.31 Å². The monoisotopic (exact) mass is 357 g/mol. The predicted molar refractivity (Wildman–Crippen MR) is 74.2 cm³/mol. The van der Waals surface area contributed by atoms with Crippen LogP contribution >= 0.6 is 27.5 Å². The highest BCUT2D eigenvalue weighted by Gasteiger charge is 2.24. The van der Waals surface area contributed by atoms with Gasteiger partial charge in [0.2, 0.25) is 10.0 Å². The van der Waals surface area contributed by atoms with E-state index in [1.54, 1.807) is 0 Å². The average molecular weight is 359 g/mol. The molecule has 0 radical (unpaired) electrons. The number of benzene rings is 1. The lowest BCUT2D eigenvalue weighted by atomic mass is 10.3. The van der Waals surface area contributed by atoms with E-state index in [1.807, 2.05) is 6.92 Å². The van der Waals surface area contributed by atoms with Crippen LogP contribution in [-0.2, 0) is 10.0 Å². The molecule has 0 bridgehead atoms. The van der Waals surface area contributed by atoms with Gasteiger partial charge in [-0.1, -0.05) is 34.5 Å². The Kier molecular flexibility index (Phi) is 5.58. The minimum atomic E-state index is -3.75. The van der Waals surface area contributed by atoms with Crippen molar-refractivity contribution in [2.45, 2.75) is 23.1 Å². The minimum Gasteiger partial charge on any atom is -0.207 e. The zero-order chi connectivity index (χ0) is 13.9. The number of alkyl halides is 1. The van der Waals surface area contributed by atoms with Crippen molar-refractivity contribution in [3.63, 3.8) is 0 Å². The zero-order valence-electron chi connectivity index (χ0n) is 10.0. The summed E-state index contributed by atoms with van der Waals surface area (Å²) in [5, 5.41) is 0.0233. The van der Waals surface area contributed by atoms with Crippen LogP contribution in [0.4, 0.5) is 4.39 Å². The molecule has 0 heterocycles. The molecule has 0 fully saturated rings. The third-order valence-corrected chi connectivity index (χ3v) is 5.22. The fourth-order valence-electron chi connectivity index (χ4n) is 1.32. The number of nitrogens with zero attached hydrogens (tertiary/aromatic N) is 1. The summed E-state index contributed by atoms with van der Waals surface area (Å²) in [7, 11) is -2.30. The SMILES string of the molecule is CC(Br)CCN(C)S(=O)(=O)c1cc(F)ccc1Cl. The quantitative estimate of drug-likeness (QED) is 0.758. The standard InChI is InChI=1S/C11H14BrClFNO2S/c1-8(12)5-6-15(2)18(16,17)11-7-9(14)3-4-10(11)13/h3-4,7-8H,5-6H2,1-2H3. The molecule has 0 aliphatic carbocycles. The molecule has 1 aromatic carbocycles. The number of hydrogen-bond donors (Lipinski definition) is 0. The topological polar surface area (TPSA) is 37.4 Å². The van der Waals surface area contributed by atoms with Gasteiger partial charge in [-0.25, -0.2) is 17.1 Å². The van der Waals surface area contributed by atoms with Crippen LogP contribution < -0.4 is 0 Å². The Morgan fingerprint density at radius 2 is 2.11 bits per heavy atom. The molecular weight excluding hydrogens is 345 g/mol. The maximum absolute atomic E-state index is 13.1. The van der Waals surface area contributed by atoms with E-state index in [-0.39, 0.29) is 14.7 Å². The summed E-state index contributed by atoms with van der Waals surface area (Å²) >= 11 is 9.15. The van der Waals surface area contributed by atoms with Crippen LogP contribution in [0.5, 0.6) is 0 Å². The Morgan fingerprint density at radius 1 is 1.50 bits per heavy atom. The van der Waals surface area contributed by atoms with Gasteiger partial charge in [-0.15, -0.1) is 0 Å². The Morgan fingerprint density at radius 3 is 2.67 bits per heavy atom. The second kappa shape index (κ2) is 6.32. The molecule has 0 aliphatic heterocycles. The molecule has 0 amide bonds. The zero-order valence-corrected chi connectivity index (χ0v) is 13.2. The first kappa shape index (κ1) is 15.9. The molecular formula is C11H14BrClFNO2S. The van der Waals surface area contributed by atoms with Gasteiger partial charge in [-0.05, 0) is 24.6 Å². The van der Waals surface area contributed by atoms with Crippen LogP contribution in [-0.4, -0.2) is 31.1 Å². The molecule has 0 saturated carbocycles. The van der Waals surface area contributed by atoms with Crippen molar-refractivity contribution in [2.75, 3.05) is 13.6 Å². The lowest BCUT2D eigenvalue weighted by molar-refractivity contribution is 0.461. The first-order chi connectivity index (χ1) is 8.25. The Hall–Kier alpha value is -0.170. The van der Waals surface area contributed by atoms with Gasteiger partial charge in [0.1, 0.15) is 10.7 Å². The normalized spacial score (nSPS) is 13.9. The van der Waals surface area contributed by atoms with Crippen molar-refractivity contribution < 1.29 is 12.8 Å². The number of hydrogen-bond acceptors (Lipinski definition) is 2. The molecule has 0 aliphatic rings. The molecule has 1 atom stereocenters. The van der Waals surface area contributed by atoms with E-state index < -0.39 is 15.8 Å². The molecule has 0 N–H and O–H groups in total. The van der Waals surface area contributed by atoms with Crippen LogP contribution in [0, 0.1) is 5.82 Å². The molecule has 3 nitrogen and oxygen atoms in total. The predicted octanol–water partition coefficient (Wildman–Crippen LogP) is 3.27. The van der Waals surface area contributed by atoms with Gasteiger partial charge in [0.25, 0.3) is 0 Å². The highest BCUT2D eigenvalue weighted by atomic mass is 79.9. The molecule has 1 unspecified atom stereocenters. The van der Waals surface area contributed by atoms with Gasteiger partial charge in [0.15, 0.2) is 0 Å². The lowest BCUT2D eigenvalue weighted by Crippen LogP contribution is -2.29. The maximum atomic E-state index is 13.1. The molecule has 0 saturated heterocycles. The minimum absolute atomic E-state index is 0.0233. The lowest BCUT2D eigenvalue weighted by Gasteiger charge is -2.18. The summed E-state index contributed by atoms with van der Waals surface area (Å²) in [5.41, 5.74) is 0. The average Bonchev–Trinajstić information content (AvgIpc) is 2.28.